The largest absolute Gasteiger partial charge is 0.284 e. The molecule has 0 atom stereocenters. The molecule has 1 aromatic heterocycles. The van der Waals surface area contributed by atoms with Crippen LogP contribution in [0.2, 0.25) is 0 Å². The van der Waals surface area contributed by atoms with Gasteiger partial charge in [-0.25, -0.2) is 0 Å². The maximum Gasteiger partial charge on any atom is 0.0644 e. The van der Waals surface area contributed by atoms with E-state index in [1.807, 2.05) is 0 Å². The van der Waals surface area contributed by atoms with Gasteiger partial charge >= 0.3 is 0 Å². The van der Waals surface area contributed by atoms with E-state index in [9.17, 15) is 0 Å². The Hall–Kier alpha value is -1.92. The van der Waals surface area contributed by atoms with Gasteiger partial charge < -0.3 is 0 Å². The summed E-state index contributed by atoms with van der Waals surface area (Å²) in [5.41, 5.74) is 8.79. The smallest absolute Gasteiger partial charge is 0.0644 e. The molecular weight excluding hydrogens is 154 g/mol. The van der Waals surface area contributed by atoms with E-state index in [1.54, 1.807) is 12.4 Å². The fourth-order valence-corrected chi connectivity index (χ4v) is 0.634. The highest BCUT2D eigenvalue weighted by molar-refractivity contribution is 5.28. The SMILES string of the molecule is [N-]=[N+]=NCCC#Cc1cn[nH]c1. The molecule has 0 unspecified atom stereocenters. The molecule has 0 spiro atoms. The van der Waals surface area contributed by atoms with Crippen molar-refractivity contribution in [3.63, 3.8) is 0 Å². The normalized spacial score (nSPS) is 8.00. The Bertz CT molecular complexity index is 322. The third-order valence-electron chi connectivity index (χ3n) is 1.13. The van der Waals surface area contributed by atoms with Crippen molar-refractivity contribution < 1.29 is 0 Å². The van der Waals surface area contributed by atoms with Gasteiger partial charge in [-0.2, -0.15) is 5.10 Å². The molecule has 5 heteroatoms. The molecule has 1 rings (SSSR count). The lowest BCUT2D eigenvalue weighted by molar-refractivity contribution is 1.01. The summed E-state index contributed by atoms with van der Waals surface area (Å²) in [7, 11) is 0. The molecule has 0 aromatic carbocycles. The van der Waals surface area contributed by atoms with E-state index >= 15 is 0 Å². The lowest BCUT2D eigenvalue weighted by atomic mass is 10.3. The number of rotatable bonds is 2. The molecular formula is C7H7N5. The van der Waals surface area contributed by atoms with Gasteiger partial charge in [0.15, 0.2) is 0 Å². The number of aromatic amines is 1. The number of hydrogen-bond donors (Lipinski definition) is 1. The first-order valence-corrected chi connectivity index (χ1v) is 3.42. The standard InChI is InChI=1S/C7H7N5/c8-12-9-4-2-1-3-7-5-10-11-6-7/h5-6H,2,4H2,(H,10,11). The van der Waals surface area contributed by atoms with Crippen LogP contribution in [0.3, 0.4) is 0 Å². The topological polar surface area (TPSA) is 77.4 Å². The molecule has 0 saturated carbocycles. The summed E-state index contributed by atoms with van der Waals surface area (Å²) in [4.78, 5) is 2.61. The lowest BCUT2D eigenvalue weighted by Crippen LogP contribution is -1.73. The fraction of sp³-hybridized carbons (Fsp3) is 0.286. The minimum atomic E-state index is 0.418. The number of aromatic nitrogens is 2. The Kier molecular flexibility index (Phi) is 3.29. The Morgan fingerprint density at radius 2 is 2.67 bits per heavy atom. The quantitative estimate of drug-likeness (QED) is 0.230. The Morgan fingerprint density at radius 1 is 1.75 bits per heavy atom. The highest BCUT2D eigenvalue weighted by Crippen LogP contribution is 1.89. The first kappa shape index (κ1) is 8.18. The van der Waals surface area contributed by atoms with Crippen LogP contribution in [-0.2, 0) is 0 Å². The number of hydrogen-bond acceptors (Lipinski definition) is 2. The zero-order chi connectivity index (χ0) is 8.65. The van der Waals surface area contributed by atoms with Crippen molar-refractivity contribution in [2.24, 2.45) is 5.11 Å². The summed E-state index contributed by atoms with van der Waals surface area (Å²) >= 11 is 0. The fourth-order valence-electron chi connectivity index (χ4n) is 0.634. The maximum absolute atomic E-state index is 7.94. The van der Waals surface area contributed by atoms with Gasteiger partial charge in [-0.05, 0) is 5.53 Å². The van der Waals surface area contributed by atoms with Crippen molar-refractivity contribution in [1.29, 1.82) is 0 Å². The predicted octanol–water partition coefficient (Wildman–Crippen LogP) is 1.46. The van der Waals surface area contributed by atoms with Crippen molar-refractivity contribution in [2.45, 2.75) is 6.42 Å². The van der Waals surface area contributed by atoms with Crippen LogP contribution in [0.15, 0.2) is 17.5 Å². The highest BCUT2D eigenvalue weighted by Gasteiger charge is 1.83. The van der Waals surface area contributed by atoms with Crippen molar-refractivity contribution in [3.8, 4) is 11.8 Å². The van der Waals surface area contributed by atoms with E-state index in [0.717, 1.165) is 5.56 Å². The van der Waals surface area contributed by atoms with Crippen LogP contribution in [0.5, 0.6) is 0 Å². The molecule has 1 heterocycles. The third kappa shape index (κ3) is 2.78. The van der Waals surface area contributed by atoms with Gasteiger partial charge in [0.25, 0.3) is 0 Å². The summed E-state index contributed by atoms with van der Waals surface area (Å²) in [6.45, 7) is 0.418. The summed E-state index contributed by atoms with van der Waals surface area (Å²) in [5.74, 6) is 5.70. The van der Waals surface area contributed by atoms with Gasteiger partial charge in [-0.3, -0.25) is 5.10 Å². The molecule has 0 bridgehead atoms. The molecule has 1 aromatic rings. The second-order valence-corrected chi connectivity index (χ2v) is 1.99. The summed E-state index contributed by atoms with van der Waals surface area (Å²) in [6, 6.07) is 0. The van der Waals surface area contributed by atoms with Gasteiger partial charge in [0, 0.05) is 24.1 Å². The molecule has 0 fully saturated rings. The minimum Gasteiger partial charge on any atom is -0.284 e. The molecule has 12 heavy (non-hydrogen) atoms. The van der Waals surface area contributed by atoms with Crippen LogP contribution in [0.1, 0.15) is 12.0 Å². The van der Waals surface area contributed by atoms with Crippen LogP contribution in [0.25, 0.3) is 10.4 Å². The van der Waals surface area contributed by atoms with Gasteiger partial charge in [0.1, 0.15) is 0 Å². The van der Waals surface area contributed by atoms with Crippen LogP contribution in [0, 0.1) is 11.8 Å². The molecule has 0 saturated heterocycles. The van der Waals surface area contributed by atoms with Crippen LogP contribution < -0.4 is 0 Å². The molecule has 0 radical (unpaired) electrons. The highest BCUT2D eigenvalue weighted by atomic mass is 15.1. The van der Waals surface area contributed by atoms with Gasteiger partial charge in [0.05, 0.1) is 11.8 Å². The Morgan fingerprint density at radius 3 is 3.33 bits per heavy atom. The van der Waals surface area contributed by atoms with Gasteiger partial charge in [-0.15, -0.1) is 0 Å². The minimum absolute atomic E-state index is 0.418. The number of nitrogens with one attached hydrogen (secondary N) is 1. The molecule has 0 aliphatic carbocycles. The monoisotopic (exact) mass is 161 g/mol. The molecule has 0 aliphatic rings. The zero-order valence-electron chi connectivity index (χ0n) is 6.36. The van der Waals surface area contributed by atoms with E-state index < -0.39 is 0 Å². The number of azide groups is 1. The second kappa shape index (κ2) is 4.83. The summed E-state index contributed by atoms with van der Waals surface area (Å²) in [5, 5.41) is 9.72. The second-order valence-electron chi connectivity index (χ2n) is 1.99. The van der Waals surface area contributed by atoms with E-state index in [-0.39, 0.29) is 0 Å². The molecule has 0 amide bonds. The van der Waals surface area contributed by atoms with E-state index in [2.05, 4.69) is 32.1 Å². The third-order valence-corrected chi connectivity index (χ3v) is 1.13. The number of nitrogens with zero attached hydrogens (tertiary/aromatic N) is 4. The first-order chi connectivity index (χ1) is 5.93. The molecule has 1 N–H and O–H groups in total. The van der Waals surface area contributed by atoms with Crippen molar-refractivity contribution >= 4 is 0 Å². The van der Waals surface area contributed by atoms with Gasteiger partial charge in [0.2, 0.25) is 0 Å². The predicted molar refractivity (Wildman–Crippen MR) is 44.1 cm³/mol. The van der Waals surface area contributed by atoms with Crippen LogP contribution in [0.4, 0.5) is 0 Å². The average molecular weight is 161 g/mol. The molecule has 60 valence electrons. The zero-order valence-corrected chi connectivity index (χ0v) is 6.36. The molecule has 0 aliphatic heterocycles. The van der Waals surface area contributed by atoms with Crippen molar-refractivity contribution in [2.75, 3.05) is 6.54 Å². The maximum atomic E-state index is 7.94. The molecule has 5 nitrogen and oxygen atoms in total. The Balaban J connectivity index is 2.35. The summed E-state index contributed by atoms with van der Waals surface area (Å²) in [6.07, 6.45) is 3.93. The summed E-state index contributed by atoms with van der Waals surface area (Å²) < 4.78 is 0. The van der Waals surface area contributed by atoms with Crippen LogP contribution in [-0.4, -0.2) is 16.7 Å². The number of H-pyrrole nitrogens is 1. The lowest BCUT2D eigenvalue weighted by Gasteiger charge is -1.77. The first-order valence-electron chi connectivity index (χ1n) is 3.42. The van der Waals surface area contributed by atoms with Crippen molar-refractivity contribution in [3.05, 3.63) is 28.4 Å². The van der Waals surface area contributed by atoms with E-state index in [0.29, 0.717) is 13.0 Å². The van der Waals surface area contributed by atoms with E-state index in [1.165, 1.54) is 0 Å². The van der Waals surface area contributed by atoms with Crippen LogP contribution >= 0.6 is 0 Å². The average Bonchev–Trinajstić information content (AvgIpc) is 2.57. The van der Waals surface area contributed by atoms with Crippen molar-refractivity contribution in [1.82, 2.24) is 10.2 Å². The van der Waals surface area contributed by atoms with Gasteiger partial charge in [-0.1, -0.05) is 17.0 Å². The Labute approximate surface area is 69.4 Å². The van der Waals surface area contributed by atoms with E-state index in [4.69, 9.17) is 5.53 Å².